The highest BCUT2D eigenvalue weighted by Crippen LogP contribution is 2.40. The number of rotatable bonds is 8. The van der Waals surface area contributed by atoms with Crippen LogP contribution in [0.2, 0.25) is 0 Å². The van der Waals surface area contributed by atoms with E-state index < -0.39 is 0 Å². The van der Waals surface area contributed by atoms with E-state index in [1.54, 1.807) is 0 Å². The molecule has 4 heteroatoms. The maximum absolute atomic E-state index is 12.8. The molecule has 0 amide bonds. The van der Waals surface area contributed by atoms with Gasteiger partial charge in [-0.1, -0.05) is 39.5 Å². The Morgan fingerprint density at radius 3 is 1.33 bits per heavy atom. The van der Waals surface area contributed by atoms with Gasteiger partial charge in [0.25, 0.3) is 0 Å². The maximum atomic E-state index is 12.8. The lowest BCUT2D eigenvalue weighted by atomic mass is 9.85. The molecule has 0 N–H and O–H groups in total. The van der Waals surface area contributed by atoms with Crippen molar-refractivity contribution in [1.29, 1.82) is 0 Å². The van der Waals surface area contributed by atoms with E-state index in [0.717, 1.165) is 64.2 Å². The highest BCUT2D eigenvalue weighted by Gasteiger charge is 2.36. The molecule has 0 aromatic heterocycles. The molecule has 0 spiro atoms. The second-order valence-corrected chi connectivity index (χ2v) is 7.06. The zero-order chi connectivity index (χ0) is 17.4. The zero-order valence-corrected chi connectivity index (χ0v) is 15.3. The van der Waals surface area contributed by atoms with Crippen LogP contribution in [0, 0.1) is 11.8 Å². The highest BCUT2D eigenvalue weighted by atomic mass is 16.5. The van der Waals surface area contributed by atoms with Gasteiger partial charge in [0, 0.05) is 0 Å². The number of hydrogen-bond acceptors (Lipinski definition) is 4. The first kappa shape index (κ1) is 19.0. The first-order chi connectivity index (χ1) is 11.7. The summed E-state index contributed by atoms with van der Waals surface area (Å²) in [7, 11) is 0. The van der Waals surface area contributed by atoms with Crippen molar-refractivity contribution in [2.24, 2.45) is 11.8 Å². The standard InChI is InChI=1S/C20H32O4/c1-3-13-23-19(21)17(15-9-5-6-10-15)18(16-11-7-8-12-16)20(22)24-14-4-2/h15-16H,3-14H2,1-2H3/b18-17-. The maximum Gasteiger partial charge on any atom is 0.334 e. The van der Waals surface area contributed by atoms with E-state index in [9.17, 15) is 9.59 Å². The lowest BCUT2D eigenvalue weighted by Gasteiger charge is -2.22. The van der Waals surface area contributed by atoms with Crippen molar-refractivity contribution >= 4 is 11.9 Å². The Morgan fingerprint density at radius 2 is 1.04 bits per heavy atom. The van der Waals surface area contributed by atoms with Gasteiger partial charge in [-0.05, 0) is 50.4 Å². The lowest BCUT2D eigenvalue weighted by Crippen LogP contribution is -2.25. The van der Waals surface area contributed by atoms with Crippen molar-refractivity contribution < 1.29 is 19.1 Å². The molecule has 136 valence electrons. The average Bonchev–Trinajstić information content (AvgIpc) is 3.28. The fraction of sp³-hybridized carbons (Fsp3) is 0.800. The third-order valence-corrected chi connectivity index (χ3v) is 5.13. The van der Waals surface area contributed by atoms with Gasteiger partial charge in [-0.15, -0.1) is 0 Å². The smallest absolute Gasteiger partial charge is 0.334 e. The predicted octanol–water partition coefficient (Wildman–Crippen LogP) is 4.57. The fourth-order valence-electron chi connectivity index (χ4n) is 3.97. The van der Waals surface area contributed by atoms with Crippen LogP contribution in [0.1, 0.15) is 78.1 Å². The van der Waals surface area contributed by atoms with Gasteiger partial charge in [-0.2, -0.15) is 0 Å². The van der Waals surface area contributed by atoms with E-state index in [0.29, 0.717) is 24.4 Å². The fourth-order valence-corrected chi connectivity index (χ4v) is 3.97. The molecule has 0 saturated heterocycles. The molecule has 0 unspecified atom stereocenters. The number of hydrogen-bond donors (Lipinski definition) is 0. The Morgan fingerprint density at radius 1 is 0.708 bits per heavy atom. The lowest BCUT2D eigenvalue weighted by molar-refractivity contribution is -0.143. The summed E-state index contributed by atoms with van der Waals surface area (Å²) in [6.45, 7) is 4.80. The van der Waals surface area contributed by atoms with Crippen LogP contribution in [0.5, 0.6) is 0 Å². The number of carbonyl (C=O) groups excluding carboxylic acids is 2. The van der Waals surface area contributed by atoms with Gasteiger partial charge in [-0.25, -0.2) is 9.59 Å². The Hall–Kier alpha value is -1.32. The third-order valence-electron chi connectivity index (χ3n) is 5.13. The minimum Gasteiger partial charge on any atom is -0.462 e. The summed E-state index contributed by atoms with van der Waals surface area (Å²) in [6, 6.07) is 0. The van der Waals surface area contributed by atoms with Crippen molar-refractivity contribution in [3.05, 3.63) is 11.1 Å². The van der Waals surface area contributed by atoms with Crippen molar-refractivity contribution in [3.8, 4) is 0 Å². The molecule has 0 aromatic rings. The predicted molar refractivity (Wildman–Crippen MR) is 93.4 cm³/mol. The molecule has 0 aromatic carbocycles. The topological polar surface area (TPSA) is 52.6 Å². The Bertz CT molecular complexity index is 412. The SMILES string of the molecule is CCCOC(=O)/C(=C(\C(=O)OCCC)C1CCCC1)C1CCCC1. The molecule has 0 bridgehead atoms. The second kappa shape index (κ2) is 9.85. The second-order valence-electron chi connectivity index (χ2n) is 7.06. The van der Waals surface area contributed by atoms with Gasteiger partial charge in [0.2, 0.25) is 0 Å². The van der Waals surface area contributed by atoms with E-state index in [1.165, 1.54) is 0 Å². The first-order valence-corrected chi connectivity index (χ1v) is 9.77. The van der Waals surface area contributed by atoms with E-state index >= 15 is 0 Å². The van der Waals surface area contributed by atoms with Gasteiger partial charge in [0.15, 0.2) is 0 Å². The summed E-state index contributed by atoms with van der Waals surface area (Å²) in [6.07, 6.45) is 10.00. The van der Waals surface area contributed by atoms with Crippen LogP contribution in [0.4, 0.5) is 0 Å². The Balaban J connectivity index is 2.36. The van der Waals surface area contributed by atoms with Crippen LogP contribution in [-0.2, 0) is 19.1 Å². The molecule has 2 aliphatic carbocycles. The molecule has 2 rings (SSSR count). The number of ether oxygens (including phenoxy) is 2. The molecular formula is C20H32O4. The van der Waals surface area contributed by atoms with Crippen LogP contribution in [-0.4, -0.2) is 25.2 Å². The quantitative estimate of drug-likeness (QED) is 0.481. The van der Waals surface area contributed by atoms with Gasteiger partial charge < -0.3 is 9.47 Å². The van der Waals surface area contributed by atoms with Gasteiger partial charge >= 0.3 is 11.9 Å². The molecular weight excluding hydrogens is 304 g/mol. The van der Waals surface area contributed by atoms with Crippen molar-refractivity contribution in [2.75, 3.05) is 13.2 Å². The largest absolute Gasteiger partial charge is 0.462 e. The normalized spacial score (nSPS) is 20.1. The molecule has 0 heterocycles. The third kappa shape index (κ3) is 4.84. The number of esters is 2. The van der Waals surface area contributed by atoms with E-state index in [2.05, 4.69) is 0 Å². The summed E-state index contributed by atoms with van der Waals surface area (Å²) in [5, 5.41) is 0. The molecule has 0 atom stereocenters. The summed E-state index contributed by atoms with van der Waals surface area (Å²) in [4.78, 5) is 25.6. The molecule has 2 saturated carbocycles. The van der Waals surface area contributed by atoms with Crippen molar-refractivity contribution in [1.82, 2.24) is 0 Å². The van der Waals surface area contributed by atoms with E-state index in [-0.39, 0.29) is 23.8 Å². The van der Waals surface area contributed by atoms with Gasteiger partial charge in [0.05, 0.1) is 24.4 Å². The molecule has 0 aliphatic heterocycles. The van der Waals surface area contributed by atoms with Crippen molar-refractivity contribution in [3.63, 3.8) is 0 Å². The summed E-state index contributed by atoms with van der Waals surface area (Å²) >= 11 is 0. The molecule has 4 nitrogen and oxygen atoms in total. The summed E-state index contributed by atoms with van der Waals surface area (Å²) < 4.78 is 10.9. The highest BCUT2D eigenvalue weighted by molar-refractivity contribution is 6.01. The van der Waals surface area contributed by atoms with Crippen LogP contribution in [0.25, 0.3) is 0 Å². The van der Waals surface area contributed by atoms with Crippen LogP contribution in [0.3, 0.4) is 0 Å². The van der Waals surface area contributed by atoms with Gasteiger partial charge in [0.1, 0.15) is 0 Å². The molecule has 0 radical (unpaired) electrons. The van der Waals surface area contributed by atoms with E-state index in [4.69, 9.17) is 9.47 Å². The first-order valence-electron chi connectivity index (χ1n) is 9.77. The average molecular weight is 336 g/mol. The molecule has 2 aliphatic rings. The van der Waals surface area contributed by atoms with Crippen molar-refractivity contribution in [2.45, 2.75) is 78.1 Å². The van der Waals surface area contributed by atoms with Crippen LogP contribution < -0.4 is 0 Å². The van der Waals surface area contributed by atoms with Crippen LogP contribution in [0.15, 0.2) is 11.1 Å². The Labute approximate surface area is 146 Å². The van der Waals surface area contributed by atoms with Gasteiger partial charge in [-0.3, -0.25) is 0 Å². The van der Waals surface area contributed by atoms with Crippen LogP contribution >= 0.6 is 0 Å². The Kier molecular flexibility index (Phi) is 7.80. The molecule has 2 fully saturated rings. The zero-order valence-electron chi connectivity index (χ0n) is 15.3. The molecule has 24 heavy (non-hydrogen) atoms. The number of carbonyl (C=O) groups is 2. The monoisotopic (exact) mass is 336 g/mol. The minimum atomic E-state index is -0.279. The summed E-state index contributed by atoms with van der Waals surface area (Å²) in [5.41, 5.74) is 1.29. The minimum absolute atomic E-state index is 0.166. The van der Waals surface area contributed by atoms with E-state index in [1.807, 2.05) is 13.8 Å². The summed E-state index contributed by atoms with van der Waals surface area (Å²) in [5.74, 6) is -0.225.